The van der Waals surface area contributed by atoms with Crippen LogP contribution in [0.15, 0.2) is 23.1 Å². The standard InChI is InChI=1S/C12H17NO3S/c1-16-11-7-10(13-5-3-4-6-13)8-12(9-11)17(2,14)15/h7-9H,3-6H2,1-2H3. The van der Waals surface area contributed by atoms with E-state index in [2.05, 4.69) is 4.90 Å². The molecule has 5 heteroatoms. The molecule has 0 atom stereocenters. The molecule has 0 bridgehead atoms. The second-order valence-corrected chi connectivity index (χ2v) is 6.35. The molecule has 0 unspecified atom stereocenters. The third-order valence-electron chi connectivity index (χ3n) is 3.00. The fourth-order valence-corrected chi connectivity index (χ4v) is 2.71. The minimum Gasteiger partial charge on any atom is -0.497 e. The van der Waals surface area contributed by atoms with Gasteiger partial charge in [0, 0.05) is 31.1 Å². The van der Waals surface area contributed by atoms with Crippen LogP contribution in [0.5, 0.6) is 5.75 Å². The van der Waals surface area contributed by atoms with Crippen LogP contribution in [0.3, 0.4) is 0 Å². The summed E-state index contributed by atoms with van der Waals surface area (Å²) in [6, 6.07) is 5.18. The average molecular weight is 255 g/mol. The lowest BCUT2D eigenvalue weighted by atomic mass is 10.3. The summed E-state index contributed by atoms with van der Waals surface area (Å²) in [5.41, 5.74) is 0.933. The summed E-state index contributed by atoms with van der Waals surface area (Å²) in [6.07, 6.45) is 3.53. The van der Waals surface area contributed by atoms with Crippen molar-refractivity contribution in [1.82, 2.24) is 0 Å². The largest absolute Gasteiger partial charge is 0.497 e. The Balaban J connectivity index is 2.45. The molecule has 0 spiro atoms. The lowest BCUT2D eigenvalue weighted by Gasteiger charge is -2.19. The van der Waals surface area contributed by atoms with Crippen molar-refractivity contribution >= 4 is 15.5 Å². The van der Waals surface area contributed by atoms with Gasteiger partial charge >= 0.3 is 0 Å². The number of sulfone groups is 1. The molecule has 1 saturated heterocycles. The minimum atomic E-state index is -3.19. The van der Waals surface area contributed by atoms with Gasteiger partial charge in [0.15, 0.2) is 9.84 Å². The molecular formula is C12H17NO3S. The number of rotatable bonds is 3. The molecule has 0 saturated carbocycles. The maximum absolute atomic E-state index is 11.6. The van der Waals surface area contributed by atoms with Crippen molar-refractivity contribution in [2.75, 3.05) is 31.4 Å². The lowest BCUT2D eigenvalue weighted by molar-refractivity contribution is 0.413. The summed E-state index contributed by atoms with van der Waals surface area (Å²) in [6.45, 7) is 1.97. The zero-order valence-electron chi connectivity index (χ0n) is 10.1. The van der Waals surface area contributed by atoms with Crippen molar-refractivity contribution < 1.29 is 13.2 Å². The third kappa shape index (κ3) is 2.72. The van der Waals surface area contributed by atoms with Crippen molar-refractivity contribution in [2.45, 2.75) is 17.7 Å². The van der Waals surface area contributed by atoms with Crippen LogP contribution in [0.2, 0.25) is 0 Å². The second-order valence-electron chi connectivity index (χ2n) is 4.33. The Bertz CT molecular complexity index is 504. The normalized spacial score (nSPS) is 16.2. The van der Waals surface area contributed by atoms with Crippen LogP contribution in [0.25, 0.3) is 0 Å². The van der Waals surface area contributed by atoms with E-state index in [1.165, 1.54) is 6.26 Å². The van der Waals surface area contributed by atoms with E-state index in [0.717, 1.165) is 31.6 Å². The molecule has 0 aromatic heterocycles. The zero-order valence-corrected chi connectivity index (χ0v) is 11.0. The van der Waals surface area contributed by atoms with Gasteiger partial charge in [-0.3, -0.25) is 0 Å². The van der Waals surface area contributed by atoms with Crippen LogP contribution in [-0.2, 0) is 9.84 Å². The number of nitrogens with zero attached hydrogens (tertiary/aromatic N) is 1. The van der Waals surface area contributed by atoms with E-state index >= 15 is 0 Å². The van der Waals surface area contributed by atoms with Crippen molar-refractivity contribution in [2.24, 2.45) is 0 Å². The van der Waals surface area contributed by atoms with E-state index in [1.54, 1.807) is 19.2 Å². The van der Waals surface area contributed by atoms with Crippen LogP contribution in [0.4, 0.5) is 5.69 Å². The van der Waals surface area contributed by atoms with Crippen LogP contribution >= 0.6 is 0 Å². The fraction of sp³-hybridized carbons (Fsp3) is 0.500. The predicted octanol–water partition coefficient (Wildman–Crippen LogP) is 1.70. The van der Waals surface area contributed by atoms with Gasteiger partial charge in [0.05, 0.1) is 12.0 Å². The maximum atomic E-state index is 11.6. The van der Waals surface area contributed by atoms with Crippen molar-refractivity contribution in [3.63, 3.8) is 0 Å². The highest BCUT2D eigenvalue weighted by atomic mass is 32.2. The minimum absolute atomic E-state index is 0.318. The number of benzene rings is 1. The van der Waals surface area contributed by atoms with Crippen molar-refractivity contribution in [1.29, 1.82) is 0 Å². The maximum Gasteiger partial charge on any atom is 0.175 e. The van der Waals surface area contributed by atoms with E-state index in [-0.39, 0.29) is 0 Å². The van der Waals surface area contributed by atoms with Gasteiger partial charge in [-0.25, -0.2) is 8.42 Å². The van der Waals surface area contributed by atoms with Gasteiger partial charge < -0.3 is 9.64 Å². The van der Waals surface area contributed by atoms with E-state index in [0.29, 0.717) is 10.6 Å². The Morgan fingerprint density at radius 3 is 2.35 bits per heavy atom. The molecule has 1 heterocycles. The molecule has 1 fully saturated rings. The highest BCUT2D eigenvalue weighted by molar-refractivity contribution is 7.90. The van der Waals surface area contributed by atoms with E-state index in [1.807, 2.05) is 6.07 Å². The lowest BCUT2D eigenvalue weighted by Crippen LogP contribution is -2.18. The molecule has 1 aromatic carbocycles. The predicted molar refractivity (Wildman–Crippen MR) is 67.6 cm³/mol. The van der Waals surface area contributed by atoms with Crippen molar-refractivity contribution in [3.05, 3.63) is 18.2 Å². The Morgan fingerprint density at radius 2 is 1.82 bits per heavy atom. The monoisotopic (exact) mass is 255 g/mol. The quantitative estimate of drug-likeness (QED) is 0.824. The van der Waals surface area contributed by atoms with Crippen molar-refractivity contribution in [3.8, 4) is 5.75 Å². The molecule has 0 N–H and O–H groups in total. The molecule has 1 aromatic rings. The molecule has 17 heavy (non-hydrogen) atoms. The summed E-state index contributed by atoms with van der Waals surface area (Å²) in [5.74, 6) is 0.592. The van der Waals surface area contributed by atoms with Gasteiger partial charge in [-0.05, 0) is 25.0 Å². The van der Waals surface area contributed by atoms with Gasteiger partial charge in [0.25, 0.3) is 0 Å². The van der Waals surface area contributed by atoms with E-state index < -0.39 is 9.84 Å². The molecule has 0 radical (unpaired) electrons. The second kappa shape index (κ2) is 4.56. The van der Waals surface area contributed by atoms with E-state index in [9.17, 15) is 8.42 Å². The first-order valence-corrected chi connectivity index (χ1v) is 7.54. The van der Waals surface area contributed by atoms with Crippen LogP contribution < -0.4 is 9.64 Å². The van der Waals surface area contributed by atoms with E-state index in [4.69, 9.17) is 4.74 Å². The SMILES string of the molecule is COc1cc(N2CCCC2)cc(S(C)(=O)=O)c1. The summed E-state index contributed by atoms with van der Waals surface area (Å²) in [4.78, 5) is 2.51. The Kier molecular flexibility index (Phi) is 3.28. The first-order chi connectivity index (χ1) is 8.00. The molecule has 2 rings (SSSR count). The number of ether oxygens (including phenoxy) is 1. The van der Waals surface area contributed by atoms with Gasteiger partial charge in [0.1, 0.15) is 5.75 Å². The third-order valence-corrected chi connectivity index (χ3v) is 4.09. The van der Waals surface area contributed by atoms with Gasteiger partial charge in [-0.1, -0.05) is 0 Å². The zero-order chi connectivity index (χ0) is 12.5. The Hall–Kier alpha value is -1.23. The fourth-order valence-electron chi connectivity index (χ4n) is 2.05. The van der Waals surface area contributed by atoms with Crippen LogP contribution in [0.1, 0.15) is 12.8 Å². The van der Waals surface area contributed by atoms with Gasteiger partial charge in [-0.15, -0.1) is 0 Å². The first kappa shape index (κ1) is 12.2. The summed E-state index contributed by atoms with van der Waals surface area (Å²) >= 11 is 0. The highest BCUT2D eigenvalue weighted by Crippen LogP contribution is 2.28. The molecule has 1 aliphatic heterocycles. The number of hydrogen-bond acceptors (Lipinski definition) is 4. The summed E-state index contributed by atoms with van der Waals surface area (Å²) < 4.78 is 28.3. The Morgan fingerprint density at radius 1 is 1.18 bits per heavy atom. The van der Waals surface area contributed by atoms with Crippen LogP contribution in [-0.4, -0.2) is 34.9 Å². The number of methoxy groups -OCH3 is 1. The Labute approximate surface area is 102 Å². The molecule has 1 aliphatic rings. The molecule has 0 aliphatic carbocycles. The molecule has 94 valence electrons. The topological polar surface area (TPSA) is 46.6 Å². The first-order valence-electron chi connectivity index (χ1n) is 5.65. The van der Waals surface area contributed by atoms with Crippen LogP contribution in [0, 0.1) is 0 Å². The smallest absolute Gasteiger partial charge is 0.175 e. The number of hydrogen-bond donors (Lipinski definition) is 0. The summed E-state index contributed by atoms with van der Waals surface area (Å²) in [7, 11) is -1.64. The molecule has 0 amide bonds. The summed E-state index contributed by atoms with van der Waals surface area (Å²) in [5, 5.41) is 0. The van der Waals surface area contributed by atoms with Gasteiger partial charge in [0.2, 0.25) is 0 Å². The average Bonchev–Trinajstić information content (AvgIpc) is 2.80. The number of anilines is 1. The van der Waals surface area contributed by atoms with Gasteiger partial charge in [-0.2, -0.15) is 0 Å². The highest BCUT2D eigenvalue weighted by Gasteiger charge is 2.17. The molecular weight excluding hydrogens is 238 g/mol. The molecule has 4 nitrogen and oxygen atoms in total.